The summed E-state index contributed by atoms with van der Waals surface area (Å²) in [6, 6.07) is -0.260. The molecule has 0 aromatic carbocycles. The van der Waals surface area contributed by atoms with Crippen molar-refractivity contribution in [1.82, 2.24) is 10.2 Å². The fourth-order valence-corrected chi connectivity index (χ4v) is 1.74. The van der Waals surface area contributed by atoms with Crippen molar-refractivity contribution in [2.45, 2.75) is 25.6 Å². The highest BCUT2D eigenvalue weighted by atomic mass is 35.5. The maximum absolute atomic E-state index is 12.2. The largest absolute Gasteiger partial charge is 0.406 e. The molecular formula is C10H17ClF3N3O2. The zero-order chi connectivity index (χ0) is 13.9. The molecule has 1 aliphatic rings. The minimum absolute atomic E-state index is 0. The molecule has 2 amide bonds. The lowest BCUT2D eigenvalue weighted by Gasteiger charge is -2.19. The molecule has 0 aromatic heterocycles. The van der Waals surface area contributed by atoms with Gasteiger partial charge in [0.05, 0.1) is 5.92 Å². The van der Waals surface area contributed by atoms with Gasteiger partial charge in [-0.3, -0.25) is 9.59 Å². The highest BCUT2D eigenvalue weighted by Gasteiger charge is 2.40. The van der Waals surface area contributed by atoms with Crippen molar-refractivity contribution in [3.05, 3.63) is 0 Å². The summed E-state index contributed by atoms with van der Waals surface area (Å²) in [4.78, 5) is 23.7. The van der Waals surface area contributed by atoms with Crippen LogP contribution in [0.1, 0.15) is 13.3 Å². The number of hydrogen-bond acceptors (Lipinski definition) is 3. The van der Waals surface area contributed by atoms with Crippen LogP contribution in [0.4, 0.5) is 13.2 Å². The van der Waals surface area contributed by atoms with E-state index in [0.717, 1.165) is 0 Å². The van der Waals surface area contributed by atoms with Gasteiger partial charge in [0.1, 0.15) is 6.54 Å². The summed E-state index contributed by atoms with van der Waals surface area (Å²) < 4.78 is 36.5. The number of hydrogen-bond donors (Lipinski definition) is 2. The van der Waals surface area contributed by atoms with E-state index in [4.69, 9.17) is 5.73 Å². The van der Waals surface area contributed by atoms with Gasteiger partial charge >= 0.3 is 6.18 Å². The van der Waals surface area contributed by atoms with Crippen LogP contribution in [0.3, 0.4) is 0 Å². The number of likely N-dealkylation sites (tertiary alicyclic amines) is 1. The fourth-order valence-electron chi connectivity index (χ4n) is 1.74. The second kappa shape index (κ2) is 6.95. The van der Waals surface area contributed by atoms with E-state index in [2.05, 4.69) is 5.32 Å². The topological polar surface area (TPSA) is 75.4 Å². The lowest BCUT2D eigenvalue weighted by molar-refractivity contribution is -0.157. The van der Waals surface area contributed by atoms with Crippen LogP contribution in [0.2, 0.25) is 0 Å². The van der Waals surface area contributed by atoms with Crippen LogP contribution in [-0.4, -0.2) is 48.6 Å². The first-order chi connectivity index (χ1) is 8.23. The Kier molecular flexibility index (Phi) is 6.58. The predicted molar refractivity (Wildman–Crippen MR) is 64.6 cm³/mol. The molecule has 19 heavy (non-hydrogen) atoms. The average molecular weight is 304 g/mol. The van der Waals surface area contributed by atoms with Crippen LogP contribution in [0.15, 0.2) is 0 Å². The number of nitrogens with one attached hydrogen (secondary N) is 1. The van der Waals surface area contributed by atoms with Crippen molar-refractivity contribution >= 4 is 24.2 Å². The molecule has 5 nitrogen and oxygen atoms in total. The maximum Gasteiger partial charge on any atom is 0.406 e. The Hall–Kier alpha value is -1.02. The number of alkyl halides is 3. The minimum atomic E-state index is -4.44. The van der Waals surface area contributed by atoms with Crippen molar-refractivity contribution in [1.29, 1.82) is 0 Å². The smallest absolute Gasteiger partial charge is 0.352 e. The van der Waals surface area contributed by atoms with Gasteiger partial charge < -0.3 is 16.0 Å². The third-order valence-corrected chi connectivity index (χ3v) is 2.70. The third kappa shape index (κ3) is 5.65. The van der Waals surface area contributed by atoms with Gasteiger partial charge in [0.2, 0.25) is 11.8 Å². The first-order valence-corrected chi connectivity index (χ1v) is 5.58. The first-order valence-electron chi connectivity index (χ1n) is 5.58. The molecule has 9 heteroatoms. The molecular weight excluding hydrogens is 287 g/mol. The number of amides is 2. The van der Waals surface area contributed by atoms with E-state index in [9.17, 15) is 22.8 Å². The van der Waals surface area contributed by atoms with Gasteiger partial charge in [-0.2, -0.15) is 13.2 Å². The number of halogens is 4. The minimum Gasteiger partial charge on any atom is -0.352 e. The highest BCUT2D eigenvalue weighted by molar-refractivity contribution is 5.89. The third-order valence-electron chi connectivity index (χ3n) is 2.70. The monoisotopic (exact) mass is 303 g/mol. The van der Waals surface area contributed by atoms with Crippen LogP contribution in [0.5, 0.6) is 0 Å². The zero-order valence-corrected chi connectivity index (χ0v) is 11.2. The lowest BCUT2D eigenvalue weighted by Crippen LogP contribution is -2.42. The maximum atomic E-state index is 12.2. The van der Waals surface area contributed by atoms with Crippen LogP contribution >= 0.6 is 12.4 Å². The molecule has 1 saturated heterocycles. The van der Waals surface area contributed by atoms with Gasteiger partial charge in [0, 0.05) is 25.6 Å². The molecule has 1 unspecified atom stereocenters. The zero-order valence-electron chi connectivity index (χ0n) is 10.4. The molecule has 0 saturated carbocycles. The van der Waals surface area contributed by atoms with Crippen LogP contribution in [0.25, 0.3) is 0 Å². The second-order valence-electron chi connectivity index (χ2n) is 4.44. The van der Waals surface area contributed by atoms with Crippen molar-refractivity contribution in [2.24, 2.45) is 11.7 Å². The molecule has 0 radical (unpaired) electrons. The Balaban J connectivity index is 0.00000324. The number of nitrogens with two attached hydrogens (primary N) is 1. The van der Waals surface area contributed by atoms with E-state index < -0.39 is 30.5 Å². The molecule has 112 valence electrons. The van der Waals surface area contributed by atoms with Gasteiger partial charge in [-0.1, -0.05) is 0 Å². The van der Waals surface area contributed by atoms with Gasteiger partial charge in [-0.05, 0) is 6.92 Å². The van der Waals surface area contributed by atoms with E-state index in [1.54, 1.807) is 6.92 Å². The first kappa shape index (κ1) is 18.0. The highest BCUT2D eigenvalue weighted by Crippen LogP contribution is 2.23. The summed E-state index contributed by atoms with van der Waals surface area (Å²) in [6.45, 7) is 0.421. The van der Waals surface area contributed by atoms with Crippen molar-refractivity contribution in [3.63, 3.8) is 0 Å². The van der Waals surface area contributed by atoms with Crippen LogP contribution < -0.4 is 11.1 Å². The van der Waals surface area contributed by atoms with Gasteiger partial charge in [-0.25, -0.2) is 0 Å². The van der Waals surface area contributed by atoms with Crippen molar-refractivity contribution in [2.75, 3.05) is 19.6 Å². The summed E-state index contributed by atoms with van der Waals surface area (Å²) in [7, 11) is 0. The summed E-state index contributed by atoms with van der Waals surface area (Å²) in [6.07, 6.45) is -4.62. The molecule has 0 bridgehead atoms. The number of carbonyl (C=O) groups excluding carboxylic acids is 2. The summed E-state index contributed by atoms with van der Waals surface area (Å²) >= 11 is 0. The summed E-state index contributed by atoms with van der Waals surface area (Å²) in [5.41, 5.74) is 5.32. The molecule has 1 aliphatic heterocycles. The predicted octanol–water partition coefficient (Wildman–Crippen LogP) is 0.282. The number of nitrogens with zero attached hydrogens (tertiary/aromatic N) is 1. The lowest BCUT2D eigenvalue weighted by atomic mass is 10.1. The van der Waals surface area contributed by atoms with Gasteiger partial charge in [0.25, 0.3) is 0 Å². The van der Waals surface area contributed by atoms with E-state index >= 15 is 0 Å². The van der Waals surface area contributed by atoms with Crippen molar-refractivity contribution < 1.29 is 22.8 Å². The van der Waals surface area contributed by atoms with Crippen molar-refractivity contribution in [3.8, 4) is 0 Å². The summed E-state index contributed by atoms with van der Waals surface area (Å²) in [5.74, 6) is -1.80. The molecule has 0 spiro atoms. The molecule has 1 fully saturated rings. The Labute approximate surface area is 115 Å². The average Bonchev–Trinajstić information content (AvgIpc) is 2.57. The Morgan fingerprint density at radius 2 is 2.16 bits per heavy atom. The molecule has 1 rings (SSSR count). The molecule has 0 aliphatic carbocycles. The van der Waals surface area contributed by atoms with E-state index in [0.29, 0.717) is 4.90 Å². The Morgan fingerprint density at radius 1 is 1.58 bits per heavy atom. The molecule has 3 N–H and O–H groups in total. The SMILES string of the molecule is C[C@@H](CN)NC(=O)C1CC(=O)N(CC(F)(F)F)C1.Cl. The van der Waals surface area contributed by atoms with E-state index in [1.165, 1.54) is 0 Å². The van der Waals surface area contributed by atoms with Gasteiger partial charge in [0.15, 0.2) is 0 Å². The fraction of sp³-hybridized carbons (Fsp3) is 0.800. The quantitative estimate of drug-likeness (QED) is 0.783. The second-order valence-corrected chi connectivity index (χ2v) is 4.44. The molecule has 1 heterocycles. The molecule has 2 atom stereocenters. The van der Waals surface area contributed by atoms with E-state index in [-0.39, 0.29) is 38.0 Å². The van der Waals surface area contributed by atoms with E-state index in [1.807, 2.05) is 0 Å². The van der Waals surface area contributed by atoms with Gasteiger partial charge in [-0.15, -0.1) is 12.4 Å². The Bertz CT molecular complexity index is 338. The number of carbonyl (C=O) groups is 2. The van der Waals surface area contributed by atoms with Crippen LogP contribution in [0, 0.1) is 5.92 Å². The normalized spacial score (nSPS) is 21.0. The summed E-state index contributed by atoms with van der Waals surface area (Å²) in [5, 5.41) is 2.55. The van der Waals surface area contributed by atoms with Crippen LogP contribution in [-0.2, 0) is 9.59 Å². The molecule has 0 aromatic rings. The standard InChI is InChI=1S/C10H16F3N3O2.ClH/c1-6(3-14)15-9(18)7-2-8(17)16(4-7)5-10(11,12)13;/h6-7H,2-5,14H2,1H3,(H,15,18);1H/t6-,7?;/m0./s1. The Morgan fingerprint density at radius 3 is 2.63 bits per heavy atom. The number of rotatable bonds is 4.